The van der Waals surface area contributed by atoms with Crippen LogP contribution in [-0.4, -0.2) is 9.97 Å². The summed E-state index contributed by atoms with van der Waals surface area (Å²) in [5, 5.41) is 2.49. The summed E-state index contributed by atoms with van der Waals surface area (Å²) < 4.78 is 51.5. The number of halogens is 6. The number of hydrogen-bond donors (Lipinski definition) is 1. The van der Waals surface area contributed by atoms with Crippen LogP contribution in [0.2, 0.25) is 5.15 Å². The van der Waals surface area contributed by atoms with Gasteiger partial charge < -0.3 is 5.32 Å². The van der Waals surface area contributed by atoms with E-state index in [1.807, 2.05) is 0 Å². The van der Waals surface area contributed by atoms with Crippen molar-refractivity contribution >= 4 is 39.0 Å². The van der Waals surface area contributed by atoms with Gasteiger partial charge in [-0.05, 0) is 34.1 Å². The fourth-order valence-corrected chi connectivity index (χ4v) is 1.80. The normalized spacial score (nSPS) is 11.5. The second-order valence-electron chi connectivity index (χ2n) is 3.64. The fraction of sp³-hybridized carbons (Fsp3) is 0.0909. The molecule has 0 spiro atoms. The first kappa shape index (κ1) is 15.0. The summed E-state index contributed by atoms with van der Waals surface area (Å²) in [5.41, 5.74) is -1.34. The van der Waals surface area contributed by atoms with Crippen molar-refractivity contribution in [2.24, 2.45) is 0 Å². The minimum atomic E-state index is -4.56. The van der Waals surface area contributed by atoms with Gasteiger partial charge in [-0.1, -0.05) is 11.6 Å². The van der Waals surface area contributed by atoms with Crippen molar-refractivity contribution in [2.45, 2.75) is 6.18 Å². The topological polar surface area (TPSA) is 37.8 Å². The molecule has 0 atom stereocenters. The van der Waals surface area contributed by atoms with E-state index < -0.39 is 17.6 Å². The molecule has 3 nitrogen and oxygen atoms in total. The monoisotopic (exact) mass is 369 g/mol. The summed E-state index contributed by atoms with van der Waals surface area (Å²) in [6, 6.07) is 2.03. The number of alkyl halides is 3. The maximum absolute atomic E-state index is 13.6. The highest BCUT2D eigenvalue weighted by Crippen LogP contribution is 2.34. The van der Waals surface area contributed by atoms with Gasteiger partial charge in [0.05, 0.1) is 15.7 Å². The molecule has 0 aliphatic carbocycles. The van der Waals surface area contributed by atoms with Crippen molar-refractivity contribution < 1.29 is 17.6 Å². The second-order valence-corrected chi connectivity index (χ2v) is 4.80. The van der Waals surface area contributed by atoms with E-state index in [1.165, 1.54) is 0 Å². The molecule has 0 aliphatic heterocycles. The zero-order valence-corrected chi connectivity index (χ0v) is 11.8. The smallest absolute Gasteiger partial charge is 0.337 e. The molecule has 20 heavy (non-hydrogen) atoms. The lowest BCUT2D eigenvalue weighted by Crippen LogP contribution is -2.07. The van der Waals surface area contributed by atoms with Crippen molar-refractivity contribution in [2.75, 3.05) is 5.32 Å². The van der Waals surface area contributed by atoms with E-state index in [9.17, 15) is 17.6 Å². The lowest BCUT2D eigenvalue weighted by molar-refractivity contribution is -0.137. The van der Waals surface area contributed by atoms with E-state index >= 15 is 0 Å². The highest BCUT2D eigenvalue weighted by Gasteiger charge is 2.31. The molecule has 9 heteroatoms. The summed E-state index contributed by atoms with van der Waals surface area (Å²) in [7, 11) is 0. The number of nitrogens with zero attached hydrogens (tertiary/aromatic N) is 2. The molecular weight excluding hydrogens is 365 g/mol. The molecule has 1 N–H and O–H groups in total. The van der Waals surface area contributed by atoms with Crippen molar-refractivity contribution in [1.29, 1.82) is 0 Å². The average molecular weight is 371 g/mol. The Labute approximate surface area is 124 Å². The zero-order chi connectivity index (χ0) is 14.9. The van der Waals surface area contributed by atoms with Gasteiger partial charge in [0, 0.05) is 0 Å². The number of rotatable bonds is 2. The van der Waals surface area contributed by atoms with E-state index in [0.717, 1.165) is 12.4 Å². The molecule has 106 valence electrons. The molecule has 1 aromatic carbocycles. The van der Waals surface area contributed by atoms with Crippen LogP contribution in [-0.2, 0) is 6.18 Å². The lowest BCUT2D eigenvalue weighted by Gasteiger charge is -2.12. The SMILES string of the molecule is Fc1ccc(C(F)(F)F)cc1Nc1ncnc(Cl)c1Br. The first-order valence-electron chi connectivity index (χ1n) is 5.09. The Morgan fingerprint density at radius 3 is 2.55 bits per heavy atom. The van der Waals surface area contributed by atoms with Gasteiger partial charge in [-0.2, -0.15) is 13.2 Å². The van der Waals surface area contributed by atoms with Crippen molar-refractivity contribution in [3.8, 4) is 0 Å². The predicted molar refractivity (Wildman–Crippen MR) is 69.4 cm³/mol. The number of benzene rings is 1. The Hall–Kier alpha value is -1.41. The van der Waals surface area contributed by atoms with Crippen LogP contribution >= 0.6 is 27.5 Å². The number of nitrogens with one attached hydrogen (secondary N) is 1. The first-order valence-corrected chi connectivity index (χ1v) is 6.26. The van der Waals surface area contributed by atoms with Crippen molar-refractivity contribution in [3.63, 3.8) is 0 Å². The van der Waals surface area contributed by atoms with Gasteiger partial charge in [0.25, 0.3) is 0 Å². The number of anilines is 2. The molecule has 2 rings (SSSR count). The third kappa shape index (κ3) is 3.18. The largest absolute Gasteiger partial charge is 0.416 e. The molecule has 0 saturated heterocycles. The summed E-state index contributed by atoms with van der Waals surface area (Å²) in [6.07, 6.45) is -3.47. The second kappa shape index (κ2) is 5.53. The maximum atomic E-state index is 13.6. The van der Waals surface area contributed by atoms with Crippen molar-refractivity contribution in [3.05, 3.63) is 45.5 Å². The molecule has 1 heterocycles. The highest BCUT2D eigenvalue weighted by molar-refractivity contribution is 9.10. The minimum Gasteiger partial charge on any atom is -0.337 e. The first-order chi connectivity index (χ1) is 9.29. The Morgan fingerprint density at radius 1 is 1.20 bits per heavy atom. The van der Waals surface area contributed by atoms with E-state index in [1.54, 1.807) is 0 Å². The molecular formula is C11H5BrClF4N3. The number of hydrogen-bond acceptors (Lipinski definition) is 3. The zero-order valence-electron chi connectivity index (χ0n) is 9.47. The van der Waals surface area contributed by atoms with E-state index in [2.05, 4.69) is 31.2 Å². The van der Waals surface area contributed by atoms with Crippen LogP contribution in [0.1, 0.15) is 5.56 Å². The van der Waals surface area contributed by atoms with Gasteiger partial charge in [-0.15, -0.1) is 0 Å². The molecule has 0 fully saturated rings. The van der Waals surface area contributed by atoms with Crippen LogP contribution in [0, 0.1) is 5.82 Å². The van der Waals surface area contributed by atoms with Crippen LogP contribution in [0.15, 0.2) is 29.0 Å². The molecule has 0 unspecified atom stereocenters. The van der Waals surface area contributed by atoms with Crippen LogP contribution in [0.5, 0.6) is 0 Å². The Kier molecular flexibility index (Phi) is 4.14. The van der Waals surface area contributed by atoms with E-state index in [-0.39, 0.29) is 21.1 Å². The Morgan fingerprint density at radius 2 is 1.90 bits per heavy atom. The summed E-state index contributed by atoms with van der Waals surface area (Å²) in [5.74, 6) is -0.789. The van der Waals surface area contributed by atoms with Crippen LogP contribution < -0.4 is 5.32 Å². The molecule has 0 amide bonds. The standard InChI is InChI=1S/C11H5BrClF4N3/c12-8-9(13)18-4-19-10(8)20-7-3-5(11(15,16)17)1-2-6(7)14/h1-4H,(H,18,19,20). The van der Waals surface area contributed by atoms with Crippen LogP contribution in [0.3, 0.4) is 0 Å². The van der Waals surface area contributed by atoms with Gasteiger partial charge in [-0.3, -0.25) is 0 Å². The van der Waals surface area contributed by atoms with E-state index in [0.29, 0.717) is 12.1 Å². The van der Waals surface area contributed by atoms with Crippen LogP contribution in [0.25, 0.3) is 0 Å². The third-order valence-corrected chi connectivity index (χ3v) is 3.56. The van der Waals surface area contributed by atoms with Gasteiger partial charge in [0.2, 0.25) is 0 Å². The van der Waals surface area contributed by atoms with Gasteiger partial charge in [0.15, 0.2) is 0 Å². The molecule has 0 saturated carbocycles. The van der Waals surface area contributed by atoms with Gasteiger partial charge >= 0.3 is 6.18 Å². The predicted octanol–water partition coefficient (Wildman–Crippen LogP) is 4.79. The van der Waals surface area contributed by atoms with E-state index in [4.69, 9.17) is 11.6 Å². The Bertz CT molecular complexity index is 648. The Balaban J connectivity index is 2.41. The highest BCUT2D eigenvalue weighted by atomic mass is 79.9. The lowest BCUT2D eigenvalue weighted by atomic mass is 10.2. The molecule has 2 aromatic rings. The molecule has 0 aliphatic rings. The van der Waals surface area contributed by atoms with Gasteiger partial charge in [0.1, 0.15) is 23.1 Å². The summed E-state index contributed by atoms with van der Waals surface area (Å²) in [4.78, 5) is 7.42. The average Bonchev–Trinajstić information content (AvgIpc) is 2.36. The molecule has 0 radical (unpaired) electrons. The van der Waals surface area contributed by atoms with Gasteiger partial charge in [-0.25, -0.2) is 14.4 Å². The third-order valence-electron chi connectivity index (χ3n) is 2.29. The summed E-state index contributed by atoms with van der Waals surface area (Å²) in [6.45, 7) is 0. The summed E-state index contributed by atoms with van der Waals surface area (Å²) >= 11 is 8.77. The minimum absolute atomic E-state index is 0.0508. The quantitative estimate of drug-likeness (QED) is 0.610. The maximum Gasteiger partial charge on any atom is 0.416 e. The fourth-order valence-electron chi connectivity index (χ4n) is 1.36. The molecule has 0 bridgehead atoms. The molecule has 1 aromatic heterocycles. The van der Waals surface area contributed by atoms with Crippen LogP contribution in [0.4, 0.5) is 29.1 Å². The van der Waals surface area contributed by atoms with Crippen molar-refractivity contribution in [1.82, 2.24) is 9.97 Å². The number of aromatic nitrogens is 2.